The lowest BCUT2D eigenvalue weighted by atomic mass is 9.87. The van der Waals surface area contributed by atoms with Gasteiger partial charge in [-0.1, -0.05) is 36.9 Å². The Morgan fingerprint density at radius 1 is 0.877 bits per heavy atom. The highest BCUT2D eigenvalue weighted by Crippen LogP contribution is 2.36. The predicted molar refractivity (Wildman–Crippen MR) is 287 cm³/mol. The number of ether oxygens (including phenoxy) is 2. The summed E-state index contributed by atoms with van der Waals surface area (Å²) in [4.78, 5) is 62.6. The number of para-hydroxylation sites is 2. The summed E-state index contributed by atoms with van der Waals surface area (Å²) >= 11 is 1.30. The second-order valence-electron chi connectivity index (χ2n) is 19.7. The van der Waals surface area contributed by atoms with Crippen LogP contribution in [0.5, 0.6) is 17.2 Å². The topological polar surface area (TPSA) is 192 Å². The van der Waals surface area contributed by atoms with Crippen molar-refractivity contribution in [1.82, 2.24) is 31.2 Å². The number of anilines is 3. The molecule has 4 aliphatic rings. The lowest BCUT2D eigenvalue weighted by molar-refractivity contribution is -0.127. The van der Waals surface area contributed by atoms with Crippen molar-refractivity contribution in [1.29, 1.82) is 0 Å². The van der Waals surface area contributed by atoms with Gasteiger partial charge in [-0.15, -0.1) is 11.3 Å². The van der Waals surface area contributed by atoms with Crippen LogP contribution >= 0.6 is 11.3 Å². The highest BCUT2D eigenvalue weighted by atomic mass is 32.1. The van der Waals surface area contributed by atoms with Gasteiger partial charge in [0.15, 0.2) is 5.75 Å². The Hall–Kier alpha value is -7.27. The first-order valence-electron chi connectivity index (χ1n) is 25.5. The van der Waals surface area contributed by atoms with Gasteiger partial charge in [0.05, 0.1) is 23.1 Å². The van der Waals surface area contributed by atoms with Gasteiger partial charge in [-0.3, -0.25) is 24.1 Å². The number of hydrogen-bond donors (Lipinski definition) is 6. The average Bonchev–Trinajstić information content (AvgIpc) is 3.94. The van der Waals surface area contributed by atoms with Crippen LogP contribution < -0.4 is 46.7 Å². The zero-order valence-corrected chi connectivity index (χ0v) is 42.0. The summed E-state index contributed by atoms with van der Waals surface area (Å²) in [6.07, 6.45) is 7.83. The number of benzene rings is 4. The first-order valence-corrected chi connectivity index (χ1v) is 26.3. The van der Waals surface area contributed by atoms with Crippen LogP contribution in [0.3, 0.4) is 0 Å². The number of pyridine rings is 1. The van der Waals surface area contributed by atoms with Crippen LogP contribution in [0.15, 0.2) is 116 Å². The van der Waals surface area contributed by atoms with Crippen molar-refractivity contribution >= 4 is 62.2 Å². The maximum absolute atomic E-state index is 13.7. The summed E-state index contributed by atoms with van der Waals surface area (Å²) in [7, 11) is 0. The summed E-state index contributed by atoms with van der Waals surface area (Å²) < 4.78 is 12.2. The number of piperidine rings is 1. The minimum absolute atomic E-state index is 0.0168. The summed E-state index contributed by atoms with van der Waals surface area (Å²) in [6.45, 7) is 10.7. The summed E-state index contributed by atoms with van der Waals surface area (Å²) in [5.41, 5.74) is 13.6. The molecule has 0 radical (unpaired) electrons. The largest absolute Gasteiger partial charge is 0.492 e. The average molecular weight is 1000 g/mol. The molecule has 4 aromatic carbocycles. The Morgan fingerprint density at radius 3 is 2.40 bits per heavy atom. The third-order valence-corrected chi connectivity index (χ3v) is 15.8. The molecule has 3 aliphatic heterocycles. The van der Waals surface area contributed by atoms with Crippen molar-refractivity contribution in [2.75, 3.05) is 55.3 Å². The summed E-state index contributed by atoms with van der Waals surface area (Å²) in [5.74, 6) is 0.981. The van der Waals surface area contributed by atoms with Gasteiger partial charge in [-0.2, -0.15) is 0 Å². The van der Waals surface area contributed by atoms with Crippen LogP contribution in [-0.4, -0.2) is 91.0 Å². The number of fused-ring (bicyclic) bond motifs is 4. The normalized spacial score (nSPS) is 19.1. The van der Waals surface area contributed by atoms with Gasteiger partial charge in [-0.25, -0.2) is 4.98 Å². The van der Waals surface area contributed by atoms with Crippen molar-refractivity contribution in [3.8, 4) is 17.2 Å². The van der Waals surface area contributed by atoms with E-state index in [9.17, 15) is 19.2 Å². The lowest BCUT2D eigenvalue weighted by Gasteiger charge is -2.35. The van der Waals surface area contributed by atoms with Crippen LogP contribution in [0.4, 0.5) is 17.1 Å². The maximum atomic E-state index is 13.7. The zero-order valence-electron chi connectivity index (χ0n) is 41.2. The monoisotopic (exact) mass is 1000 g/mol. The van der Waals surface area contributed by atoms with E-state index in [0.29, 0.717) is 69.1 Å². The number of nitrogens with two attached hydrogens (primary N) is 1. The number of nitrogens with one attached hydrogen (secondary N) is 5. The van der Waals surface area contributed by atoms with Crippen molar-refractivity contribution in [3.05, 3.63) is 149 Å². The Balaban J connectivity index is 0.644. The molecule has 15 nitrogen and oxygen atoms in total. The number of nitrogen functional groups attached to an aromatic ring is 1. The van der Waals surface area contributed by atoms with Gasteiger partial charge >= 0.3 is 0 Å². The molecule has 5 heterocycles. The smallest absolute Gasteiger partial charge is 0.263 e. The van der Waals surface area contributed by atoms with E-state index in [-0.39, 0.29) is 41.6 Å². The SMILES string of the molecule is C=CC(=O)NCc1ccc(C(=O)Nc2ccccc2Oc2ccc(OCCN3CCC(C(=O)NC(C)c4ccc5c(N)c(C(=O)N[C@H]6CCc7cc(N8C[C@H]9CC[C@@H](C8)N9)ccc7C6)sc5n4)CC3)cc2)cc1. The van der Waals surface area contributed by atoms with E-state index in [1.807, 2.05) is 55.5 Å². The fourth-order valence-electron chi connectivity index (χ4n) is 10.5. The minimum atomic E-state index is -0.318. The van der Waals surface area contributed by atoms with Gasteiger partial charge in [0.2, 0.25) is 11.8 Å². The molecular weight excluding hydrogens is 939 g/mol. The number of nitrogens with zero attached hydrogens (tertiary/aromatic N) is 3. The number of hydrogen-bond acceptors (Lipinski definition) is 12. The van der Waals surface area contributed by atoms with E-state index < -0.39 is 0 Å². The van der Waals surface area contributed by atoms with E-state index in [2.05, 4.69) is 61.2 Å². The van der Waals surface area contributed by atoms with Crippen molar-refractivity contribution in [3.63, 3.8) is 0 Å². The third-order valence-electron chi connectivity index (χ3n) is 14.6. The molecular formula is C57H63N9O6S. The molecule has 73 heavy (non-hydrogen) atoms. The Kier molecular flexibility index (Phi) is 15.0. The number of amides is 4. The van der Waals surface area contributed by atoms with Gasteiger partial charge in [0, 0.05) is 66.9 Å². The van der Waals surface area contributed by atoms with Crippen molar-refractivity contribution in [2.45, 2.75) is 82.6 Å². The minimum Gasteiger partial charge on any atom is -0.492 e. The number of carbonyl (C=O) groups excluding carboxylic acids is 4. The van der Waals surface area contributed by atoms with Crippen LogP contribution in [-0.2, 0) is 29.0 Å². The number of piperazine rings is 1. The molecule has 0 spiro atoms. The van der Waals surface area contributed by atoms with Gasteiger partial charge in [-0.05, 0) is 161 Å². The van der Waals surface area contributed by atoms with Crippen LogP contribution in [0.1, 0.15) is 87.5 Å². The lowest BCUT2D eigenvalue weighted by Crippen LogP contribution is -2.51. The number of likely N-dealkylation sites (tertiary alicyclic amines) is 1. The Morgan fingerprint density at radius 2 is 1.63 bits per heavy atom. The zero-order chi connectivity index (χ0) is 50.4. The molecule has 3 fully saturated rings. The van der Waals surface area contributed by atoms with Crippen LogP contribution in [0, 0.1) is 5.92 Å². The molecule has 1 unspecified atom stereocenters. The molecule has 4 amide bonds. The molecule has 3 saturated heterocycles. The number of rotatable bonds is 17. The third kappa shape index (κ3) is 11.8. The van der Waals surface area contributed by atoms with Crippen LogP contribution in [0.25, 0.3) is 10.2 Å². The van der Waals surface area contributed by atoms with E-state index in [1.54, 1.807) is 36.4 Å². The number of aryl methyl sites for hydroxylation is 1. The first-order chi connectivity index (χ1) is 35.5. The molecule has 2 bridgehead atoms. The van der Waals surface area contributed by atoms with E-state index in [4.69, 9.17) is 20.2 Å². The van der Waals surface area contributed by atoms with Gasteiger partial charge < -0.3 is 46.7 Å². The van der Waals surface area contributed by atoms with Crippen molar-refractivity contribution < 1.29 is 28.7 Å². The second kappa shape index (κ2) is 22.2. The van der Waals surface area contributed by atoms with E-state index in [1.165, 1.54) is 47.1 Å². The van der Waals surface area contributed by atoms with Crippen LogP contribution in [0.2, 0.25) is 0 Å². The van der Waals surface area contributed by atoms with Crippen molar-refractivity contribution in [2.24, 2.45) is 5.92 Å². The predicted octanol–water partition coefficient (Wildman–Crippen LogP) is 7.92. The molecule has 1 aliphatic carbocycles. The molecule has 16 heteroatoms. The number of thiophene rings is 1. The Bertz CT molecular complexity index is 2980. The van der Waals surface area contributed by atoms with E-state index >= 15 is 0 Å². The standard InChI is InChI=1S/C57H63N9O6S/c1-3-51(67)59-32-36-8-10-37(11-9-36)55(69)63-49-6-4-5-7-50(49)72-46-20-18-45(19-21-46)71-29-28-65-26-24-38(25-27-65)54(68)60-35(2)48-23-22-47-52(58)53(73-57(47)64-48)56(70)62-41-14-12-40-31-44(17-13-39(40)30-41)66-33-42-15-16-43(34-66)61-42/h3-11,13,17-23,31,35,38,41-43,61H,1,12,14-16,24-30,32-34,58H2,2H3,(H,59,67)(H,60,68)(H,62,70)(H,63,69)/t35?,41-,42-,43+/m0/s1. The molecule has 6 aromatic rings. The molecule has 378 valence electrons. The second-order valence-corrected chi connectivity index (χ2v) is 20.7. The number of carbonyl (C=O) groups is 4. The number of aromatic nitrogens is 1. The molecule has 10 rings (SSSR count). The quantitative estimate of drug-likeness (QED) is 0.0487. The molecule has 2 aromatic heterocycles. The maximum Gasteiger partial charge on any atom is 0.263 e. The highest BCUT2D eigenvalue weighted by Gasteiger charge is 2.33. The van der Waals surface area contributed by atoms with Gasteiger partial charge in [0.25, 0.3) is 11.8 Å². The fraction of sp³-hybridized carbons (Fsp3) is 0.351. The Labute approximate surface area is 429 Å². The molecule has 7 N–H and O–H groups in total. The van der Waals surface area contributed by atoms with E-state index in [0.717, 1.165) is 81.5 Å². The van der Waals surface area contributed by atoms with Gasteiger partial charge in [0.1, 0.15) is 27.8 Å². The molecule has 0 saturated carbocycles. The summed E-state index contributed by atoms with van der Waals surface area (Å²) in [5, 5.41) is 16.6. The summed E-state index contributed by atoms with van der Waals surface area (Å²) in [6, 6.07) is 33.2. The highest BCUT2D eigenvalue weighted by molar-refractivity contribution is 7.21. The fourth-order valence-corrected chi connectivity index (χ4v) is 11.5. The first kappa shape index (κ1) is 49.3. The molecule has 4 atom stereocenters.